The van der Waals surface area contributed by atoms with Crippen molar-refractivity contribution in [2.45, 2.75) is 51.5 Å². The van der Waals surface area contributed by atoms with E-state index in [1.807, 2.05) is 0 Å². The number of aromatic nitrogens is 2. The van der Waals surface area contributed by atoms with Gasteiger partial charge in [0.05, 0.1) is 7.11 Å². The van der Waals surface area contributed by atoms with Crippen molar-refractivity contribution in [1.29, 1.82) is 0 Å². The molecule has 1 saturated carbocycles. The summed E-state index contributed by atoms with van der Waals surface area (Å²) in [4.78, 5) is 8.61. The number of ether oxygens (including phenoxy) is 1. The van der Waals surface area contributed by atoms with Gasteiger partial charge in [0.2, 0.25) is 5.75 Å². The van der Waals surface area contributed by atoms with E-state index in [1.165, 1.54) is 19.3 Å². The molecule has 1 fully saturated rings. The molecule has 5 nitrogen and oxygen atoms in total. The van der Waals surface area contributed by atoms with Crippen molar-refractivity contribution in [3.63, 3.8) is 0 Å². The van der Waals surface area contributed by atoms with Crippen molar-refractivity contribution in [2.24, 2.45) is 0 Å². The average Bonchev–Trinajstić information content (AvgIpc) is 2.40. The van der Waals surface area contributed by atoms with Crippen LogP contribution in [0.5, 0.6) is 5.75 Å². The number of nitrogens with zero attached hydrogens (tertiary/aromatic N) is 2. The Morgan fingerprint density at radius 1 is 1.26 bits per heavy atom. The molecular formula is C14H24N4O. The maximum atomic E-state index is 5.48. The number of methoxy groups -OCH3 is 1. The molecule has 0 saturated heterocycles. The second-order valence-electron chi connectivity index (χ2n) is 5.14. The van der Waals surface area contributed by atoms with Crippen molar-refractivity contribution in [3.05, 3.63) is 6.33 Å². The number of hydrogen-bond acceptors (Lipinski definition) is 5. The molecule has 1 aliphatic rings. The van der Waals surface area contributed by atoms with Crippen LogP contribution in [0.1, 0.15) is 46.0 Å². The predicted molar refractivity (Wildman–Crippen MR) is 77.9 cm³/mol. The lowest BCUT2D eigenvalue weighted by Gasteiger charge is -2.42. The molecule has 0 spiro atoms. The molecule has 0 atom stereocenters. The Morgan fingerprint density at radius 2 is 2.00 bits per heavy atom. The summed E-state index contributed by atoms with van der Waals surface area (Å²) in [6.07, 6.45) is 7.44. The maximum Gasteiger partial charge on any atom is 0.204 e. The summed E-state index contributed by atoms with van der Waals surface area (Å²) < 4.78 is 5.48. The van der Waals surface area contributed by atoms with Gasteiger partial charge in [0.1, 0.15) is 6.33 Å². The van der Waals surface area contributed by atoms with E-state index in [1.54, 1.807) is 13.4 Å². The monoisotopic (exact) mass is 264 g/mol. The van der Waals surface area contributed by atoms with Crippen LogP contribution in [0.3, 0.4) is 0 Å². The molecule has 0 bridgehead atoms. The standard InChI is InChI=1S/C14H24N4O/c1-4-9-15-12-11(19-3)13(17-10-16-12)18-14(5-2)7-6-8-14/h10H,4-9H2,1-3H3,(H2,15,16,17,18). The first-order chi connectivity index (χ1) is 9.24. The van der Waals surface area contributed by atoms with Gasteiger partial charge >= 0.3 is 0 Å². The minimum absolute atomic E-state index is 0.198. The van der Waals surface area contributed by atoms with E-state index in [-0.39, 0.29) is 5.54 Å². The molecule has 106 valence electrons. The lowest BCUT2D eigenvalue weighted by atomic mass is 9.75. The van der Waals surface area contributed by atoms with Crippen LogP contribution in [-0.2, 0) is 0 Å². The highest BCUT2D eigenvalue weighted by atomic mass is 16.5. The van der Waals surface area contributed by atoms with Crippen LogP contribution in [0.15, 0.2) is 6.33 Å². The molecule has 5 heteroatoms. The molecule has 1 aromatic heterocycles. The first-order valence-corrected chi connectivity index (χ1v) is 7.15. The number of hydrogen-bond donors (Lipinski definition) is 2. The normalized spacial score (nSPS) is 16.6. The second kappa shape index (κ2) is 6.08. The van der Waals surface area contributed by atoms with Crippen LogP contribution >= 0.6 is 0 Å². The Hall–Kier alpha value is -1.52. The molecule has 2 rings (SSSR count). The molecule has 0 aliphatic heterocycles. The van der Waals surface area contributed by atoms with Gasteiger partial charge in [-0.15, -0.1) is 0 Å². The third kappa shape index (κ3) is 2.91. The fourth-order valence-electron chi connectivity index (χ4n) is 2.45. The fourth-order valence-corrected chi connectivity index (χ4v) is 2.45. The minimum atomic E-state index is 0.198. The van der Waals surface area contributed by atoms with E-state index >= 15 is 0 Å². The Bertz CT molecular complexity index is 412. The summed E-state index contributed by atoms with van der Waals surface area (Å²) in [5, 5.41) is 6.84. The summed E-state index contributed by atoms with van der Waals surface area (Å²) in [7, 11) is 1.67. The Morgan fingerprint density at radius 3 is 2.53 bits per heavy atom. The van der Waals surface area contributed by atoms with Crippen LogP contribution < -0.4 is 15.4 Å². The molecule has 1 aromatic rings. The van der Waals surface area contributed by atoms with Crippen LogP contribution in [0.2, 0.25) is 0 Å². The first kappa shape index (κ1) is 13.9. The minimum Gasteiger partial charge on any atom is -0.490 e. The van der Waals surface area contributed by atoms with E-state index in [9.17, 15) is 0 Å². The van der Waals surface area contributed by atoms with Crippen LogP contribution in [-0.4, -0.2) is 29.2 Å². The SMILES string of the molecule is CCCNc1ncnc(NC2(CC)CCC2)c1OC. The molecule has 0 amide bonds. The van der Waals surface area contributed by atoms with Gasteiger partial charge in [-0.1, -0.05) is 13.8 Å². The zero-order valence-electron chi connectivity index (χ0n) is 12.1. The summed E-state index contributed by atoms with van der Waals surface area (Å²) in [6.45, 7) is 5.22. The molecule has 2 N–H and O–H groups in total. The van der Waals surface area contributed by atoms with Gasteiger partial charge in [-0.25, -0.2) is 9.97 Å². The zero-order chi connectivity index (χ0) is 13.7. The van der Waals surface area contributed by atoms with Gasteiger partial charge in [-0.05, 0) is 32.1 Å². The van der Waals surface area contributed by atoms with Gasteiger partial charge in [0.25, 0.3) is 0 Å². The number of nitrogens with one attached hydrogen (secondary N) is 2. The summed E-state index contributed by atoms with van der Waals surface area (Å²) >= 11 is 0. The Kier molecular flexibility index (Phi) is 4.45. The smallest absolute Gasteiger partial charge is 0.204 e. The van der Waals surface area contributed by atoms with Crippen LogP contribution in [0.4, 0.5) is 11.6 Å². The molecule has 0 unspecified atom stereocenters. The van der Waals surface area contributed by atoms with Crippen LogP contribution in [0, 0.1) is 0 Å². The van der Waals surface area contributed by atoms with E-state index in [0.717, 1.165) is 36.8 Å². The van der Waals surface area contributed by atoms with Gasteiger partial charge in [-0.3, -0.25) is 0 Å². The van der Waals surface area contributed by atoms with E-state index < -0.39 is 0 Å². The summed E-state index contributed by atoms with van der Waals surface area (Å²) in [6, 6.07) is 0. The maximum absolute atomic E-state index is 5.48. The van der Waals surface area contributed by atoms with Crippen molar-refractivity contribution >= 4 is 11.6 Å². The lowest BCUT2D eigenvalue weighted by Crippen LogP contribution is -2.44. The highest BCUT2D eigenvalue weighted by molar-refractivity contribution is 5.64. The molecule has 19 heavy (non-hydrogen) atoms. The second-order valence-corrected chi connectivity index (χ2v) is 5.14. The summed E-state index contributed by atoms with van der Waals surface area (Å²) in [5.41, 5.74) is 0.198. The van der Waals surface area contributed by atoms with Gasteiger partial charge in [0, 0.05) is 12.1 Å². The van der Waals surface area contributed by atoms with Crippen LogP contribution in [0.25, 0.3) is 0 Å². The Balaban J connectivity index is 2.19. The topological polar surface area (TPSA) is 59.1 Å². The number of anilines is 2. The largest absolute Gasteiger partial charge is 0.490 e. The quantitative estimate of drug-likeness (QED) is 0.792. The highest BCUT2D eigenvalue weighted by Gasteiger charge is 2.36. The zero-order valence-corrected chi connectivity index (χ0v) is 12.1. The van der Waals surface area contributed by atoms with Crippen molar-refractivity contribution in [3.8, 4) is 5.75 Å². The van der Waals surface area contributed by atoms with Crippen molar-refractivity contribution in [1.82, 2.24) is 9.97 Å². The number of rotatable bonds is 7. The molecule has 1 heterocycles. The molecule has 1 aliphatic carbocycles. The van der Waals surface area contributed by atoms with E-state index in [4.69, 9.17) is 4.74 Å². The van der Waals surface area contributed by atoms with E-state index in [2.05, 4.69) is 34.4 Å². The van der Waals surface area contributed by atoms with Crippen molar-refractivity contribution in [2.75, 3.05) is 24.3 Å². The fraction of sp³-hybridized carbons (Fsp3) is 0.714. The average molecular weight is 264 g/mol. The lowest BCUT2D eigenvalue weighted by molar-refractivity contribution is 0.267. The van der Waals surface area contributed by atoms with Gasteiger partial charge in [-0.2, -0.15) is 0 Å². The summed E-state index contributed by atoms with van der Waals surface area (Å²) in [5.74, 6) is 2.29. The predicted octanol–water partition coefficient (Wildman–Crippen LogP) is 3.05. The highest BCUT2D eigenvalue weighted by Crippen LogP contribution is 2.40. The van der Waals surface area contributed by atoms with Gasteiger partial charge < -0.3 is 15.4 Å². The molecule has 0 radical (unpaired) electrons. The first-order valence-electron chi connectivity index (χ1n) is 7.15. The molecular weight excluding hydrogens is 240 g/mol. The third-order valence-electron chi connectivity index (χ3n) is 3.92. The van der Waals surface area contributed by atoms with E-state index in [0.29, 0.717) is 0 Å². The Labute approximate surface area is 115 Å². The molecule has 0 aromatic carbocycles. The van der Waals surface area contributed by atoms with Crippen molar-refractivity contribution < 1.29 is 4.74 Å². The third-order valence-corrected chi connectivity index (χ3v) is 3.92. The van der Waals surface area contributed by atoms with Gasteiger partial charge in [0.15, 0.2) is 11.6 Å².